The van der Waals surface area contributed by atoms with Gasteiger partial charge >= 0.3 is 0 Å². The topological polar surface area (TPSA) is 56.7 Å². The van der Waals surface area contributed by atoms with Crippen molar-refractivity contribution < 1.29 is 0 Å². The second-order valence-electron chi connectivity index (χ2n) is 4.66. The van der Waals surface area contributed by atoms with Crippen molar-refractivity contribution in [1.82, 2.24) is 14.8 Å². The Morgan fingerprint density at radius 1 is 1.32 bits per heavy atom. The molecule has 0 amide bonds. The molecule has 1 atom stereocenters. The number of rotatable bonds is 4. The minimum atomic E-state index is -0.0242. The van der Waals surface area contributed by atoms with Gasteiger partial charge in [-0.3, -0.25) is 4.68 Å². The van der Waals surface area contributed by atoms with E-state index in [0.717, 1.165) is 39.5 Å². The molecule has 0 aromatic carbocycles. The van der Waals surface area contributed by atoms with Crippen LogP contribution in [0, 0.1) is 20.8 Å². The first-order valence-corrected chi connectivity index (χ1v) is 7.96. The molecule has 0 aliphatic rings. The lowest BCUT2D eigenvalue weighted by Crippen LogP contribution is -2.16. The first-order chi connectivity index (χ1) is 8.93. The fraction of sp³-hybridized carbons (Fsp3) is 0.538. The van der Waals surface area contributed by atoms with E-state index < -0.39 is 0 Å². The molecule has 2 aromatic rings. The highest BCUT2D eigenvalue weighted by Gasteiger charge is 2.19. The van der Waals surface area contributed by atoms with Crippen molar-refractivity contribution in [3.05, 3.63) is 31.4 Å². The molecular weight excluding hydrogens is 324 g/mol. The van der Waals surface area contributed by atoms with Gasteiger partial charge in [-0.25, -0.2) is 4.98 Å². The Balaban J connectivity index is 2.28. The largest absolute Gasteiger partial charge is 0.323 e. The van der Waals surface area contributed by atoms with E-state index in [0.29, 0.717) is 0 Å². The zero-order valence-corrected chi connectivity index (χ0v) is 14.1. The Morgan fingerprint density at radius 2 is 2.00 bits per heavy atom. The number of aromatic nitrogens is 3. The summed E-state index contributed by atoms with van der Waals surface area (Å²) in [4.78, 5) is 5.62. The predicted molar refractivity (Wildman–Crippen MR) is 82.6 cm³/mol. The maximum absolute atomic E-state index is 6.35. The van der Waals surface area contributed by atoms with Gasteiger partial charge in [-0.2, -0.15) is 5.10 Å². The lowest BCUT2D eigenvalue weighted by Gasteiger charge is -2.12. The van der Waals surface area contributed by atoms with Gasteiger partial charge in [0, 0.05) is 23.9 Å². The fourth-order valence-electron chi connectivity index (χ4n) is 2.26. The Kier molecular flexibility index (Phi) is 4.43. The van der Waals surface area contributed by atoms with Crippen molar-refractivity contribution >= 4 is 27.3 Å². The minimum absolute atomic E-state index is 0.0242. The summed E-state index contributed by atoms with van der Waals surface area (Å²) in [5.41, 5.74) is 9.58. The Morgan fingerprint density at radius 3 is 2.53 bits per heavy atom. The monoisotopic (exact) mass is 342 g/mol. The number of thiazole rings is 1. The molecule has 0 fully saturated rings. The predicted octanol–water partition coefficient (Wildman–Crippen LogP) is 3.29. The lowest BCUT2D eigenvalue weighted by atomic mass is 10.1. The molecule has 104 valence electrons. The van der Waals surface area contributed by atoms with E-state index >= 15 is 0 Å². The number of halogens is 1. The van der Waals surface area contributed by atoms with E-state index in [1.54, 1.807) is 11.3 Å². The molecule has 4 nitrogen and oxygen atoms in total. The fourth-order valence-corrected chi connectivity index (χ4v) is 3.63. The van der Waals surface area contributed by atoms with Gasteiger partial charge in [-0.05, 0) is 43.6 Å². The van der Waals surface area contributed by atoms with Gasteiger partial charge in [0.2, 0.25) is 0 Å². The molecule has 0 radical (unpaired) electrons. The van der Waals surface area contributed by atoms with Crippen LogP contribution in [0.25, 0.3) is 0 Å². The van der Waals surface area contributed by atoms with E-state index in [9.17, 15) is 0 Å². The summed E-state index contributed by atoms with van der Waals surface area (Å²) in [5, 5.41) is 5.58. The normalized spacial score (nSPS) is 12.9. The molecule has 0 spiro atoms. The molecule has 19 heavy (non-hydrogen) atoms. The number of hydrogen-bond acceptors (Lipinski definition) is 4. The molecule has 0 aliphatic carbocycles. The first kappa shape index (κ1) is 14.7. The van der Waals surface area contributed by atoms with Gasteiger partial charge in [-0.15, -0.1) is 11.3 Å². The molecule has 2 heterocycles. The van der Waals surface area contributed by atoms with Crippen molar-refractivity contribution in [3.8, 4) is 0 Å². The average molecular weight is 343 g/mol. The van der Waals surface area contributed by atoms with Crippen LogP contribution in [-0.2, 0) is 13.0 Å². The molecule has 2 rings (SSSR count). The molecule has 0 bridgehead atoms. The standard InChI is InChI=1S/C13H19BrN4S/c1-5-18-11(12(14)7(2)17-18)6-10(15)13-8(3)16-9(4)19-13/h10H,5-6,15H2,1-4H3. The zero-order chi connectivity index (χ0) is 14.2. The highest BCUT2D eigenvalue weighted by atomic mass is 79.9. The molecule has 0 aliphatic heterocycles. The number of aryl methyl sites for hydroxylation is 4. The van der Waals surface area contributed by atoms with Gasteiger partial charge < -0.3 is 5.73 Å². The van der Waals surface area contributed by atoms with Gasteiger partial charge in [0.05, 0.1) is 26.6 Å². The van der Waals surface area contributed by atoms with Crippen molar-refractivity contribution in [1.29, 1.82) is 0 Å². The maximum atomic E-state index is 6.35. The zero-order valence-electron chi connectivity index (χ0n) is 11.7. The second kappa shape index (κ2) is 5.73. The lowest BCUT2D eigenvalue weighted by molar-refractivity contribution is 0.588. The third-order valence-corrected chi connectivity index (χ3v) is 5.38. The quantitative estimate of drug-likeness (QED) is 0.927. The van der Waals surface area contributed by atoms with Gasteiger partial charge in [-0.1, -0.05) is 0 Å². The van der Waals surface area contributed by atoms with E-state index in [4.69, 9.17) is 5.73 Å². The summed E-state index contributed by atoms with van der Waals surface area (Å²) >= 11 is 5.30. The Labute approximate surface area is 126 Å². The third kappa shape index (κ3) is 2.90. The van der Waals surface area contributed by atoms with Crippen molar-refractivity contribution in [3.63, 3.8) is 0 Å². The van der Waals surface area contributed by atoms with E-state index in [1.807, 2.05) is 25.5 Å². The molecule has 0 saturated heterocycles. The van der Waals surface area contributed by atoms with Crippen LogP contribution in [0.1, 0.15) is 39.9 Å². The number of nitrogens with two attached hydrogens (primary N) is 1. The first-order valence-electron chi connectivity index (χ1n) is 6.35. The number of nitrogens with zero attached hydrogens (tertiary/aromatic N) is 3. The van der Waals surface area contributed by atoms with Gasteiger partial charge in [0.25, 0.3) is 0 Å². The third-order valence-electron chi connectivity index (χ3n) is 3.14. The summed E-state index contributed by atoms with van der Waals surface area (Å²) in [6.07, 6.45) is 0.776. The summed E-state index contributed by atoms with van der Waals surface area (Å²) in [5.74, 6) is 0. The van der Waals surface area contributed by atoms with Crippen LogP contribution in [0.5, 0.6) is 0 Å². The van der Waals surface area contributed by atoms with Crippen LogP contribution in [0.3, 0.4) is 0 Å². The molecule has 2 aromatic heterocycles. The van der Waals surface area contributed by atoms with Crippen LogP contribution in [-0.4, -0.2) is 14.8 Å². The Bertz CT molecular complexity index is 588. The summed E-state index contributed by atoms with van der Waals surface area (Å²) in [6.45, 7) is 9.00. The molecule has 1 unspecified atom stereocenters. The van der Waals surface area contributed by atoms with Gasteiger partial charge in [0.1, 0.15) is 0 Å². The van der Waals surface area contributed by atoms with Crippen molar-refractivity contribution in [2.45, 2.75) is 46.7 Å². The molecule has 2 N–H and O–H groups in total. The smallest absolute Gasteiger partial charge is 0.0900 e. The highest BCUT2D eigenvalue weighted by Crippen LogP contribution is 2.29. The van der Waals surface area contributed by atoms with E-state index in [1.165, 1.54) is 4.88 Å². The van der Waals surface area contributed by atoms with Crippen LogP contribution in [0.4, 0.5) is 0 Å². The minimum Gasteiger partial charge on any atom is -0.323 e. The molecule has 6 heteroatoms. The second-order valence-corrected chi connectivity index (χ2v) is 6.68. The van der Waals surface area contributed by atoms with E-state index in [-0.39, 0.29) is 6.04 Å². The Hall–Kier alpha value is -0.720. The number of hydrogen-bond donors (Lipinski definition) is 1. The van der Waals surface area contributed by atoms with Crippen molar-refractivity contribution in [2.75, 3.05) is 0 Å². The molecular formula is C13H19BrN4S. The van der Waals surface area contributed by atoms with Crippen LogP contribution in [0.15, 0.2) is 4.47 Å². The van der Waals surface area contributed by atoms with Crippen LogP contribution >= 0.6 is 27.3 Å². The molecule has 0 saturated carbocycles. The average Bonchev–Trinajstić information content (AvgIpc) is 2.83. The SMILES string of the molecule is CCn1nc(C)c(Br)c1CC(N)c1sc(C)nc1C. The van der Waals surface area contributed by atoms with Crippen LogP contribution in [0.2, 0.25) is 0 Å². The van der Waals surface area contributed by atoms with Gasteiger partial charge in [0.15, 0.2) is 0 Å². The van der Waals surface area contributed by atoms with Crippen molar-refractivity contribution in [2.24, 2.45) is 5.73 Å². The summed E-state index contributed by atoms with van der Waals surface area (Å²) in [6, 6.07) is -0.0242. The van der Waals surface area contributed by atoms with E-state index in [2.05, 4.69) is 32.9 Å². The summed E-state index contributed by atoms with van der Waals surface area (Å²) in [7, 11) is 0. The summed E-state index contributed by atoms with van der Waals surface area (Å²) < 4.78 is 3.09. The maximum Gasteiger partial charge on any atom is 0.0900 e. The van der Waals surface area contributed by atoms with Crippen LogP contribution < -0.4 is 5.73 Å². The highest BCUT2D eigenvalue weighted by molar-refractivity contribution is 9.10.